The summed E-state index contributed by atoms with van der Waals surface area (Å²) in [6.45, 7) is 9.37. The molecular weight excluding hydrogens is 518 g/mol. The van der Waals surface area contributed by atoms with E-state index in [0.29, 0.717) is 29.5 Å². The summed E-state index contributed by atoms with van der Waals surface area (Å²) >= 11 is 1.45. The van der Waals surface area contributed by atoms with Crippen LogP contribution in [0, 0.1) is 13.8 Å². The maximum atomic E-state index is 13.8. The van der Waals surface area contributed by atoms with Gasteiger partial charge in [0.1, 0.15) is 5.76 Å². The van der Waals surface area contributed by atoms with Crippen LogP contribution in [0.2, 0.25) is 0 Å². The Labute approximate surface area is 229 Å². The lowest BCUT2D eigenvalue weighted by Gasteiger charge is -2.22. The molecular formula is C29H35N3O4S2. The fourth-order valence-electron chi connectivity index (χ4n) is 4.21. The number of anilines is 1. The molecule has 2 aromatic heterocycles. The normalized spacial score (nSPS) is 11.9. The van der Waals surface area contributed by atoms with Crippen LogP contribution in [0.1, 0.15) is 66.8 Å². The third-order valence-corrected chi connectivity index (χ3v) is 9.66. The first-order valence-electron chi connectivity index (χ1n) is 13.1. The van der Waals surface area contributed by atoms with Gasteiger partial charge in [-0.25, -0.2) is 13.4 Å². The van der Waals surface area contributed by atoms with Gasteiger partial charge >= 0.3 is 0 Å². The number of rotatable bonds is 12. The molecule has 9 heteroatoms. The molecule has 0 spiro atoms. The van der Waals surface area contributed by atoms with Crippen molar-refractivity contribution in [2.24, 2.45) is 0 Å². The Balaban J connectivity index is 1.65. The smallest absolute Gasteiger partial charge is 0.260 e. The lowest BCUT2D eigenvalue weighted by atomic mass is 10.1. The summed E-state index contributed by atoms with van der Waals surface area (Å²) in [6.07, 6.45) is 5.03. The predicted molar refractivity (Wildman–Crippen MR) is 153 cm³/mol. The van der Waals surface area contributed by atoms with E-state index in [2.05, 4.69) is 6.07 Å². The van der Waals surface area contributed by atoms with Crippen LogP contribution < -0.4 is 4.90 Å². The number of sulfonamides is 1. The average Bonchev–Trinajstić information content (AvgIpc) is 3.59. The molecule has 0 saturated carbocycles. The molecule has 0 aliphatic heterocycles. The van der Waals surface area contributed by atoms with Crippen molar-refractivity contribution in [2.75, 3.05) is 18.0 Å². The number of nitrogens with zero attached hydrogens (tertiary/aromatic N) is 3. The molecule has 2 heterocycles. The van der Waals surface area contributed by atoms with E-state index in [-0.39, 0.29) is 17.3 Å². The van der Waals surface area contributed by atoms with E-state index in [1.807, 2.05) is 39.8 Å². The maximum absolute atomic E-state index is 13.8. The number of aromatic nitrogens is 1. The molecule has 0 bridgehead atoms. The minimum absolute atomic E-state index is 0.199. The second kappa shape index (κ2) is 12.2. The highest BCUT2D eigenvalue weighted by atomic mass is 32.2. The summed E-state index contributed by atoms with van der Waals surface area (Å²) in [5, 5.41) is 0.567. The third-order valence-electron chi connectivity index (χ3n) is 6.70. The Kier molecular flexibility index (Phi) is 9.02. The molecule has 0 aliphatic carbocycles. The highest BCUT2D eigenvalue weighted by Crippen LogP contribution is 2.33. The van der Waals surface area contributed by atoms with Crippen LogP contribution >= 0.6 is 11.3 Å². The van der Waals surface area contributed by atoms with Gasteiger partial charge in [0.15, 0.2) is 5.13 Å². The first-order valence-corrected chi connectivity index (χ1v) is 15.3. The van der Waals surface area contributed by atoms with Gasteiger partial charge in [-0.2, -0.15) is 4.31 Å². The van der Waals surface area contributed by atoms with E-state index in [1.54, 1.807) is 33.7 Å². The molecule has 0 unspecified atom stereocenters. The Hall–Kier alpha value is -3.01. The van der Waals surface area contributed by atoms with Crippen molar-refractivity contribution in [3.05, 3.63) is 77.2 Å². The van der Waals surface area contributed by atoms with E-state index >= 15 is 0 Å². The van der Waals surface area contributed by atoms with E-state index in [9.17, 15) is 13.2 Å². The lowest BCUT2D eigenvalue weighted by molar-refractivity contribution is 0.0983. The Bertz CT molecular complexity index is 1470. The minimum atomic E-state index is -3.64. The fourth-order valence-corrected chi connectivity index (χ4v) is 6.75. The summed E-state index contributed by atoms with van der Waals surface area (Å²) in [6, 6.07) is 13.9. The first-order chi connectivity index (χ1) is 18.3. The van der Waals surface area contributed by atoms with Crippen molar-refractivity contribution in [1.29, 1.82) is 0 Å². The van der Waals surface area contributed by atoms with Crippen molar-refractivity contribution in [3.63, 3.8) is 0 Å². The van der Waals surface area contributed by atoms with Crippen molar-refractivity contribution in [3.8, 4) is 0 Å². The van der Waals surface area contributed by atoms with Crippen LogP contribution in [0.5, 0.6) is 0 Å². The number of unbranched alkanes of at least 4 members (excludes halogenated alkanes) is 2. The summed E-state index contributed by atoms with van der Waals surface area (Å²) in [7, 11) is -3.64. The summed E-state index contributed by atoms with van der Waals surface area (Å²) in [4.78, 5) is 20.4. The monoisotopic (exact) mass is 553 g/mol. The van der Waals surface area contributed by atoms with Crippen LogP contribution in [0.3, 0.4) is 0 Å². The van der Waals surface area contributed by atoms with E-state index in [0.717, 1.165) is 47.0 Å². The standard InChI is InChI=1S/C29H35N3O4S2/c1-5-7-17-31(18-8-6-2)38(34,35)25-14-12-23(13-15-25)28(33)32(20-24-10-9-19-36-24)29-30-27-22(4)21(3)11-16-26(27)37-29/h9-16,19H,5-8,17-18,20H2,1-4H3. The fraction of sp³-hybridized carbons (Fsp3) is 0.379. The number of hydrogen-bond donors (Lipinski definition) is 0. The third kappa shape index (κ3) is 6.00. The topological polar surface area (TPSA) is 83.7 Å². The van der Waals surface area contributed by atoms with Crippen molar-refractivity contribution in [1.82, 2.24) is 9.29 Å². The van der Waals surface area contributed by atoms with Gasteiger partial charge in [0.2, 0.25) is 10.0 Å². The van der Waals surface area contributed by atoms with E-state index in [1.165, 1.54) is 23.5 Å². The number of fused-ring (bicyclic) bond motifs is 1. The lowest BCUT2D eigenvalue weighted by Crippen LogP contribution is -2.33. The molecule has 38 heavy (non-hydrogen) atoms. The average molecular weight is 554 g/mol. The van der Waals surface area contributed by atoms with Crippen LogP contribution in [0.15, 0.2) is 64.1 Å². The minimum Gasteiger partial charge on any atom is -0.467 e. The summed E-state index contributed by atoms with van der Waals surface area (Å²) in [5.41, 5.74) is 3.49. The number of thiazole rings is 1. The number of carbonyl (C=O) groups is 1. The quantitative estimate of drug-likeness (QED) is 0.190. The van der Waals surface area contributed by atoms with Gasteiger partial charge in [-0.1, -0.05) is 44.1 Å². The largest absolute Gasteiger partial charge is 0.467 e. The summed E-state index contributed by atoms with van der Waals surface area (Å²) in [5.74, 6) is 0.361. The van der Waals surface area contributed by atoms with Crippen LogP contribution in [0.4, 0.5) is 5.13 Å². The molecule has 0 fully saturated rings. The van der Waals surface area contributed by atoms with Gasteiger partial charge in [0.05, 0.1) is 27.9 Å². The maximum Gasteiger partial charge on any atom is 0.260 e. The van der Waals surface area contributed by atoms with Gasteiger partial charge in [-0.3, -0.25) is 9.69 Å². The molecule has 7 nitrogen and oxygen atoms in total. The highest BCUT2D eigenvalue weighted by molar-refractivity contribution is 7.89. The second-order valence-corrected chi connectivity index (χ2v) is 12.4. The molecule has 0 radical (unpaired) electrons. The molecule has 1 amide bonds. The molecule has 0 N–H and O–H groups in total. The van der Waals surface area contributed by atoms with Gasteiger partial charge in [-0.05, 0) is 80.3 Å². The Morgan fingerprint density at radius 3 is 2.26 bits per heavy atom. The molecule has 4 aromatic rings. The summed E-state index contributed by atoms with van der Waals surface area (Å²) < 4.78 is 34.8. The van der Waals surface area contributed by atoms with Crippen LogP contribution in [-0.2, 0) is 16.6 Å². The molecule has 4 rings (SSSR count). The first kappa shape index (κ1) is 28.0. The zero-order valence-electron chi connectivity index (χ0n) is 22.4. The van der Waals surface area contributed by atoms with Gasteiger partial charge in [0, 0.05) is 18.7 Å². The highest BCUT2D eigenvalue weighted by Gasteiger charge is 2.26. The van der Waals surface area contributed by atoms with Crippen molar-refractivity contribution < 1.29 is 17.6 Å². The number of aryl methyl sites for hydroxylation is 2. The molecule has 202 valence electrons. The predicted octanol–water partition coefficient (Wildman–Crippen LogP) is 6.94. The molecule has 0 aliphatic rings. The zero-order chi connectivity index (χ0) is 27.3. The van der Waals surface area contributed by atoms with Crippen molar-refractivity contribution in [2.45, 2.75) is 64.8 Å². The Morgan fingerprint density at radius 1 is 0.974 bits per heavy atom. The SMILES string of the molecule is CCCCN(CCCC)S(=O)(=O)c1ccc(C(=O)N(Cc2ccco2)c2nc3c(C)c(C)ccc3s2)cc1. The van der Waals surface area contributed by atoms with Gasteiger partial charge < -0.3 is 4.42 Å². The number of amides is 1. The zero-order valence-corrected chi connectivity index (χ0v) is 24.1. The van der Waals surface area contributed by atoms with Gasteiger partial charge in [-0.15, -0.1) is 0 Å². The number of benzene rings is 2. The number of hydrogen-bond acceptors (Lipinski definition) is 6. The number of furan rings is 1. The molecule has 0 saturated heterocycles. The van der Waals surface area contributed by atoms with Crippen molar-refractivity contribution >= 4 is 42.6 Å². The molecule has 0 atom stereocenters. The van der Waals surface area contributed by atoms with Crippen LogP contribution in [-0.4, -0.2) is 36.7 Å². The van der Waals surface area contributed by atoms with E-state index in [4.69, 9.17) is 9.40 Å². The Morgan fingerprint density at radius 2 is 1.66 bits per heavy atom. The number of carbonyl (C=O) groups excluding carboxylic acids is 1. The van der Waals surface area contributed by atoms with Gasteiger partial charge in [0.25, 0.3) is 5.91 Å². The second-order valence-electron chi connectivity index (χ2n) is 9.46. The van der Waals surface area contributed by atoms with Crippen LogP contribution in [0.25, 0.3) is 10.2 Å². The van der Waals surface area contributed by atoms with E-state index < -0.39 is 10.0 Å². The molecule has 2 aromatic carbocycles.